The van der Waals surface area contributed by atoms with Gasteiger partial charge >= 0.3 is 11.9 Å². The quantitative estimate of drug-likeness (QED) is 0.589. The highest BCUT2D eigenvalue weighted by Crippen LogP contribution is 2.24. The van der Waals surface area contributed by atoms with Crippen LogP contribution in [0.25, 0.3) is 11.1 Å². The Morgan fingerprint density at radius 2 is 1.68 bits per heavy atom. The number of hydrogen-bond acceptors (Lipinski definition) is 4. The van der Waals surface area contributed by atoms with Crippen LogP contribution in [-0.4, -0.2) is 36.6 Å². The molecule has 2 rings (SSSR count). The molecular formula is C19H19NO5. The van der Waals surface area contributed by atoms with Crippen LogP contribution in [0, 0.1) is 0 Å². The molecule has 6 nitrogen and oxygen atoms in total. The molecule has 2 aromatic rings. The van der Waals surface area contributed by atoms with Gasteiger partial charge in [0.2, 0.25) is 6.41 Å². The predicted octanol–water partition coefficient (Wildman–Crippen LogP) is 2.72. The molecule has 0 saturated carbocycles. The number of esters is 1. The van der Waals surface area contributed by atoms with Crippen LogP contribution in [0.15, 0.2) is 54.6 Å². The van der Waals surface area contributed by atoms with E-state index in [1.165, 1.54) is 7.11 Å². The van der Waals surface area contributed by atoms with Gasteiger partial charge in [0.1, 0.15) is 6.04 Å². The zero-order chi connectivity index (χ0) is 18.2. The summed E-state index contributed by atoms with van der Waals surface area (Å²) in [5.74, 6) is -1.69. The number of aliphatic carboxylic acids is 1. The van der Waals surface area contributed by atoms with Crippen molar-refractivity contribution < 1.29 is 24.2 Å². The van der Waals surface area contributed by atoms with Gasteiger partial charge in [0.15, 0.2) is 0 Å². The Hall–Kier alpha value is -3.15. The number of amides is 1. The third kappa shape index (κ3) is 4.67. The van der Waals surface area contributed by atoms with Gasteiger partial charge in [-0.2, -0.15) is 0 Å². The van der Waals surface area contributed by atoms with Crippen LogP contribution < -0.4 is 4.90 Å². The van der Waals surface area contributed by atoms with E-state index in [9.17, 15) is 19.5 Å². The summed E-state index contributed by atoms with van der Waals surface area (Å²) >= 11 is 0. The number of benzene rings is 2. The van der Waals surface area contributed by atoms with E-state index in [2.05, 4.69) is 4.74 Å². The molecule has 1 N–H and O–H groups in total. The second-order valence-electron chi connectivity index (χ2n) is 5.39. The molecule has 130 valence electrons. The Morgan fingerprint density at radius 1 is 1.08 bits per heavy atom. The number of carboxylic acid groups (broad SMARTS) is 1. The van der Waals surface area contributed by atoms with Crippen molar-refractivity contribution in [1.29, 1.82) is 0 Å². The topological polar surface area (TPSA) is 83.9 Å². The van der Waals surface area contributed by atoms with E-state index in [1.807, 2.05) is 42.5 Å². The van der Waals surface area contributed by atoms with Crippen LogP contribution >= 0.6 is 0 Å². The first-order valence-electron chi connectivity index (χ1n) is 7.75. The SMILES string of the molecule is COC(=O)CC[C@@H](C(=O)O)N(C=O)c1ccc(-c2ccccc2)cc1. The molecule has 0 aliphatic carbocycles. The molecule has 0 aliphatic rings. The fourth-order valence-corrected chi connectivity index (χ4v) is 2.51. The van der Waals surface area contributed by atoms with Gasteiger partial charge in [0, 0.05) is 12.1 Å². The highest BCUT2D eigenvalue weighted by Gasteiger charge is 2.26. The number of rotatable bonds is 8. The minimum absolute atomic E-state index is 0.0266. The van der Waals surface area contributed by atoms with Crippen molar-refractivity contribution in [2.45, 2.75) is 18.9 Å². The second-order valence-corrected chi connectivity index (χ2v) is 5.39. The van der Waals surface area contributed by atoms with Crippen LogP contribution in [0.1, 0.15) is 12.8 Å². The van der Waals surface area contributed by atoms with E-state index >= 15 is 0 Å². The third-order valence-corrected chi connectivity index (χ3v) is 3.86. The zero-order valence-corrected chi connectivity index (χ0v) is 13.8. The standard InChI is InChI=1S/C19H19NO5/c1-25-18(22)12-11-17(19(23)24)20(13-21)16-9-7-15(8-10-16)14-5-3-2-4-6-14/h2-10,13,17H,11-12H2,1H3,(H,23,24)/t17-/m0/s1. The maximum Gasteiger partial charge on any atom is 0.326 e. The lowest BCUT2D eigenvalue weighted by atomic mass is 10.0. The molecular weight excluding hydrogens is 322 g/mol. The van der Waals surface area contributed by atoms with Gasteiger partial charge in [0.05, 0.1) is 7.11 Å². The summed E-state index contributed by atoms with van der Waals surface area (Å²) in [5, 5.41) is 9.40. The van der Waals surface area contributed by atoms with Crippen LogP contribution in [0.3, 0.4) is 0 Å². The summed E-state index contributed by atoms with van der Waals surface area (Å²) in [6.45, 7) is 0. The molecule has 1 atom stereocenters. The summed E-state index contributed by atoms with van der Waals surface area (Å²) in [6, 6.07) is 15.6. The number of carbonyl (C=O) groups excluding carboxylic acids is 2. The van der Waals surface area contributed by atoms with Crippen molar-refractivity contribution in [3.8, 4) is 11.1 Å². The lowest BCUT2D eigenvalue weighted by molar-refractivity contribution is -0.142. The molecule has 0 heterocycles. The van der Waals surface area contributed by atoms with Crippen LogP contribution in [0.4, 0.5) is 5.69 Å². The Bertz CT molecular complexity index is 727. The largest absolute Gasteiger partial charge is 0.480 e. The Kier molecular flexibility index (Phi) is 6.28. The smallest absolute Gasteiger partial charge is 0.326 e. The van der Waals surface area contributed by atoms with E-state index in [0.717, 1.165) is 16.0 Å². The van der Waals surface area contributed by atoms with Gasteiger partial charge in [-0.05, 0) is 29.7 Å². The van der Waals surface area contributed by atoms with Gasteiger partial charge in [-0.25, -0.2) is 4.79 Å². The Morgan fingerprint density at radius 3 is 2.20 bits per heavy atom. The summed E-state index contributed by atoms with van der Waals surface area (Å²) in [4.78, 5) is 35.4. The minimum atomic E-state index is -1.18. The molecule has 0 spiro atoms. The van der Waals surface area contributed by atoms with Crippen molar-refractivity contribution in [2.75, 3.05) is 12.0 Å². The molecule has 0 unspecified atom stereocenters. The molecule has 0 aliphatic heterocycles. The van der Waals surface area contributed by atoms with E-state index in [4.69, 9.17) is 0 Å². The second kappa shape index (κ2) is 8.63. The summed E-state index contributed by atoms with van der Waals surface area (Å²) < 4.78 is 4.53. The van der Waals surface area contributed by atoms with E-state index in [0.29, 0.717) is 12.1 Å². The molecule has 6 heteroatoms. The fraction of sp³-hybridized carbons (Fsp3) is 0.211. The van der Waals surface area contributed by atoms with Gasteiger partial charge < -0.3 is 14.7 Å². The molecule has 0 radical (unpaired) electrons. The third-order valence-electron chi connectivity index (χ3n) is 3.86. The Balaban J connectivity index is 2.21. The zero-order valence-electron chi connectivity index (χ0n) is 13.8. The lowest BCUT2D eigenvalue weighted by Gasteiger charge is -2.25. The van der Waals surface area contributed by atoms with Crippen molar-refractivity contribution in [1.82, 2.24) is 0 Å². The van der Waals surface area contributed by atoms with Gasteiger partial charge in [0.25, 0.3) is 0 Å². The fourth-order valence-electron chi connectivity index (χ4n) is 2.51. The molecule has 0 fully saturated rings. The lowest BCUT2D eigenvalue weighted by Crippen LogP contribution is -2.41. The molecule has 0 aromatic heterocycles. The number of carbonyl (C=O) groups is 3. The van der Waals surface area contributed by atoms with Gasteiger partial charge in [-0.3, -0.25) is 9.59 Å². The highest BCUT2D eigenvalue weighted by atomic mass is 16.5. The average molecular weight is 341 g/mol. The van der Waals surface area contributed by atoms with Crippen LogP contribution in [-0.2, 0) is 19.1 Å². The van der Waals surface area contributed by atoms with Crippen molar-refractivity contribution in [2.24, 2.45) is 0 Å². The number of anilines is 1. The molecule has 25 heavy (non-hydrogen) atoms. The van der Waals surface area contributed by atoms with Crippen molar-refractivity contribution in [3.63, 3.8) is 0 Å². The monoisotopic (exact) mass is 341 g/mol. The molecule has 2 aromatic carbocycles. The van der Waals surface area contributed by atoms with E-state index < -0.39 is 18.0 Å². The van der Waals surface area contributed by atoms with Crippen molar-refractivity contribution in [3.05, 3.63) is 54.6 Å². The number of carboxylic acids is 1. The first-order chi connectivity index (χ1) is 12.1. The molecule has 0 saturated heterocycles. The summed E-state index contributed by atoms with van der Waals surface area (Å²) in [7, 11) is 1.23. The maximum absolute atomic E-state index is 11.5. The van der Waals surface area contributed by atoms with Crippen LogP contribution in [0.2, 0.25) is 0 Å². The average Bonchev–Trinajstić information content (AvgIpc) is 2.65. The predicted molar refractivity (Wildman–Crippen MR) is 93.1 cm³/mol. The molecule has 0 bridgehead atoms. The maximum atomic E-state index is 11.5. The van der Waals surface area contributed by atoms with E-state index in [1.54, 1.807) is 12.1 Å². The van der Waals surface area contributed by atoms with E-state index in [-0.39, 0.29) is 12.8 Å². The minimum Gasteiger partial charge on any atom is -0.480 e. The first kappa shape index (κ1) is 18.2. The van der Waals surface area contributed by atoms with Crippen molar-refractivity contribution >= 4 is 24.0 Å². The molecule has 1 amide bonds. The van der Waals surface area contributed by atoms with Gasteiger partial charge in [-0.1, -0.05) is 42.5 Å². The van der Waals surface area contributed by atoms with Crippen LogP contribution in [0.5, 0.6) is 0 Å². The normalized spacial score (nSPS) is 11.4. The number of nitrogens with zero attached hydrogens (tertiary/aromatic N) is 1. The summed E-state index contributed by atoms with van der Waals surface area (Å²) in [6.07, 6.45) is 0.356. The highest BCUT2D eigenvalue weighted by molar-refractivity contribution is 5.89. The number of ether oxygens (including phenoxy) is 1. The first-order valence-corrected chi connectivity index (χ1v) is 7.75. The number of methoxy groups -OCH3 is 1. The summed E-state index contributed by atoms with van der Waals surface area (Å²) in [5.41, 5.74) is 2.43. The number of hydrogen-bond donors (Lipinski definition) is 1. The Labute approximate surface area is 145 Å². The van der Waals surface area contributed by atoms with Gasteiger partial charge in [-0.15, -0.1) is 0 Å².